The molecule has 0 saturated carbocycles. The molecule has 0 aromatic heterocycles. The van der Waals surface area contributed by atoms with Gasteiger partial charge in [-0.15, -0.1) is 0 Å². The third-order valence-corrected chi connectivity index (χ3v) is 4.09. The van der Waals surface area contributed by atoms with Crippen molar-refractivity contribution in [2.45, 2.75) is 25.7 Å². The Morgan fingerprint density at radius 2 is 2.13 bits per heavy atom. The van der Waals surface area contributed by atoms with Gasteiger partial charge in [-0.2, -0.15) is 0 Å². The SMILES string of the molecule is C=CCOc1cccc(NC(=S)NCCCN2CCCCC2)c1. The van der Waals surface area contributed by atoms with Crippen LogP contribution in [0.15, 0.2) is 36.9 Å². The fourth-order valence-corrected chi connectivity index (χ4v) is 2.90. The molecule has 0 atom stereocenters. The minimum atomic E-state index is 0.503. The van der Waals surface area contributed by atoms with Crippen LogP contribution in [0.5, 0.6) is 5.75 Å². The van der Waals surface area contributed by atoms with Gasteiger partial charge in [-0.05, 0) is 63.2 Å². The molecule has 2 N–H and O–H groups in total. The Labute approximate surface area is 144 Å². The van der Waals surface area contributed by atoms with Crippen LogP contribution in [0, 0.1) is 0 Å². The predicted molar refractivity (Wildman–Crippen MR) is 101 cm³/mol. The van der Waals surface area contributed by atoms with Gasteiger partial charge in [0, 0.05) is 18.3 Å². The van der Waals surface area contributed by atoms with Gasteiger partial charge in [0.2, 0.25) is 0 Å². The quantitative estimate of drug-likeness (QED) is 0.433. The molecule has 0 spiro atoms. The largest absolute Gasteiger partial charge is 0.489 e. The highest BCUT2D eigenvalue weighted by Gasteiger charge is 2.08. The lowest BCUT2D eigenvalue weighted by molar-refractivity contribution is 0.227. The summed E-state index contributed by atoms with van der Waals surface area (Å²) in [5.74, 6) is 0.808. The summed E-state index contributed by atoms with van der Waals surface area (Å²) in [6.07, 6.45) is 6.92. The number of thiocarbonyl (C=S) groups is 1. The molecule has 0 unspecified atom stereocenters. The van der Waals surface area contributed by atoms with E-state index >= 15 is 0 Å². The van der Waals surface area contributed by atoms with Gasteiger partial charge in [0.05, 0.1) is 0 Å². The maximum absolute atomic E-state index is 5.52. The molecule has 1 fully saturated rings. The molecule has 0 aliphatic carbocycles. The van der Waals surface area contributed by atoms with Crippen molar-refractivity contribution in [3.05, 3.63) is 36.9 Å². The molecule has 1 aliphatic heterocycles. The maximum Gasteiger partial charge on any atom is 0.170 e. The zero-order chi connectivity index (χ0) is 16.3. The third kappa shape index (κ3) is 7.01. The van der Waals surface area contributed by atoms with Crippen molar-refractivity contribution in [3.8, 4) is 5.75 Å². The number of nitrogens with zero attached hydrogens (tertiary/aromatic N) is 1. The molecule has 1 aromatic carbocycles. The number of nitrogens with one attached hydrogen (secondary N) is 2. The first-order valence-corrected chi connectivity index (χ1v) is 8.80. The van der Waals surface area contributed by atoms with E-state index in [0.717, 1.165) is 30.9 Å². The van der Waals surface area contributed by atoms with Crippen LogP contribution in [-0.4, -0.2) is 42.8 Å². The lowest BCUT2D eigenvalue weighted by Crippen LogP contribution is -2.34. The second-order valence-corrected chi connectivity index (χ2v) is 6.17. The summed E-state index contributed by atoms with van der Waals surface area (Å²) in [7, 11) is 0. The first kappa shape index (κ1) is 17.8. The van der Waals surface area contributed by atoms with E-state index in [1.807, 2.05) is 24.3 Å². The van der Waals surface area contributed by atoms with E-state index in [0.29, 0.717) is 11.7 Å². The van der Waals surface area contributed by atoms with Crippen molar-refractivity contribution in [2.24, 2.45) is 0 Å². The van der Waals surface area contributed by atoms with E-state index in [2.05, 4.69) is 22.1 Å². The van der Waals surface area contributed by atoms with Crippen molar-refractivity contribution in [1.29, 1.82) is 0 Å². The maximum atomic E-state index is 5.52. The topological polar surface area (TPSA) is 36.5 Å². The summed E-state index contributed by atoms with van der Waals surface area (Å²) in [6.45, 7) is 8.70. The minimum absolute atomic E-state index is 0.503. The van der Waals surface area contributed by atoms with Gasteiger partial charge in [-0.25, -0.2) is 0 Å². The van der Waals surface area contributed by atoms with Crippen LogP contribution in [0.1, 0.15) is 25.7 Å². The minimum Gasteiger partial charge on any atom is -0.489 e. The average Bonchev–Trinajstić information content (AvgIpc) is 2.58. The second kappa shape index (κ2) is 10.2. The zero-order valence-electron chi connectivity index (χ0n) is 13.7. The van der Waals surface area contributed by atoms with Crippen LogP contribution in [0.2, 0.25) is 0 Å². The smallest absolute Gasteiger partial charge is 0.170 e. The molecule has 5 heteroatoms. The molecule has 2 rings (SSSR count). The van der Waals surface area contributed by atoms with Gasteiger partial charge in [0.15, 0.2) is 5.11 Å². The molecule has 0 amide bonds. The number of rotatable bonds is 8. The van der Waals surface area contributed by atoms with Crippen molar-refractivity contribution in [2.75, 3.05) is 38.1 Å². The Balaban J connectivity index is 1.64. The first-order valence-electron chi connectivity index (χ1n) is 8.39. The van der Waals surface area contributed by atoms with Crippen molar-refractivity contribution in [1.82, 2.24) is 10.2 Å². The number of ether oxygens (including phenoxy) is 1. The summed E-state index contributed by atoms with van der Waals surface area (Å²) in [4.78, 5) is 2.54. The molecule has 0 bridgehead atoms. The van der Waals surface area contributed by atoms with E-state index in [9.17, 15) is 0 Å². The number of anilines is 1. The number of likely N-dealkylation sites (tertiary alicyclic amines) is 1. The molecular formula is C18H27N3OS. The summed E-state index contributed by atoms with van der Waals surface area (Å²) in [6, 6.07) is 7.77. The van der Waals surface area contributed by atoms with E-state index in [1.54, 1.807) is 6.08 Å². The highest BCUT2D eigenvalue weighted by molar-refractivity contribution is 7.80. The molecule has 1 heterocycles. The number of hydrogen-bond acceptors (Lipinski definition) is 3. The molecular weight excluding hydrogens is 306 g/mol. The molecule has 1 saturated heterocycles. The molecule has 1 aromatic rings. The van der Waals surface area contributed by atoms with Crippen LogP contribution >= 0.6 is 12.2 Å². The fourth-order valence-electron chi connectivity index (χ4n) is 2.68. The van der Waals surface area contributed by atoms with Crippen molar-refractivity contribution >= 4 is 23.0 Å². The Morgan fingerprint density at radius 3 is 2.91 bits per heavy atom. The molecule has 0 radical (unpaired) electrons. The lowest BCUT2D eigenvalue weighted by atomic mass is 10.1. The first-order chi connectivity index (χ1) is 11.3. The van der Waals surface area contributed by atoms with Gasteiger partial charge in [-0.3, -0.25) is 0 Å². The summed E-state index contributed by atoms with van der Waals surface area (Å²) < 4.78 is 5.52. The lowest BCUT2D eigenvalue weighted by Gasteiger charge is -2.26. The standard InChI is InChI=1S/C18H27N3OS/c1-2-14-22-17-9-6-8-16(15-17)20-18(23)19-10-7-13-21-11-4-3-5-12-21/h2,6,8-9,15H,1,3-5,7,10-14H2,(H2,19,20,23). The van der Waals surface area contributed by atoms with Crippen LogP contribution in [-0.2, 0) is 0 Å². The predicted octanol–water partition coefficient (Wildman–Crippen LogP) is 3.41. The normalized spacial score (nSPS) is 15.0. The monoisotopic (exact) mass is 333 g/mol. The van der Waals surface area contributed by atoms with Crippen LogP contribution in [0.4, 0.5) is 5.69 Å². The van der Waals surface area contributed by atoms with E-state index in [-0.39, 0.29) is 0 Å². The number of hydrogen-bond donors (Lipinski definition) is 2. The average molecular weight is 334 g/mol. The summed E-state index contributed by atoms with van der Waals surface area (Å²) >= 11 is 5.34. The number of benzene rings is 1. The Kier molecular flexibility index (Phi) is 7.90. The van der Waals surface area contributed by atoms with Crippen molar-refractivity contribution < 1.29 is 4.74 Å². The third-order valence-electron chi connectivity index (χ3n) is 3.85. The van der Waals surface area contributed by atoms with E-state index in [4.69, 9.17) is 17.0 Å². The van der Waals surface area contributed by atoms with Gasteiger partial charge >= 0.3 is 0 Å². The van der Waals surface area contributed by atoms with Crippen LogP contribution < -0.4 is 15.4 Å². The van der Waals surface area contributed by atoms with Gasteiger partial charge in [0.1, 0.15) is 12.4 Å². The highest BCUT2D eigenvalue weighted by Crippen LogP contribution is 2.17. The second-order valence-electron chi connectivity index (χ2n) is 5.76. The van der Waals surface area contributed by atoms with Crippen LogP contribution in [0.3, 0.4) is 0 Å². The Bertz CT molecular complexity index is 501. The van der Waals surface area contributed by atoms with Gasteiger partial charge in [-0.1, -0.05) is 25.1 Å². The van der Waals surface area contributed by atoms with Gasteiger partial charge < -0.3 is 20.3 Å². The fraction of sp³-hybridized carbons (Fsp3) is 0.500. The highest BCUT2D eigenvalue weighted by atomic mass is 32.1. The molecule has 4 nitrogen and oxygen atoms in total. The van der Waals surface area contributed by atoms with E-state index < -0.39 is 0 Å². The van der Waals surface area contributed by atoms with E-state index in [1.165, 1.54) is 32.4 Å². The van der Waals surface area contributed by atoms with Gasteiger partial charge in [0.25, 0.3) is 0 Å². The number of piperidine rings is 1. The Morgan fingerprint density at radius 1 is 1.30 bits per heavy atom. The Hall–Kier alpha value is -1.59. The summed E-state index contributed by atoms with van der Waals surface area (Å²) in [5, 5.41) is 7.13. The van der Waals surface area contributed by atoms with Crippen molar-refractivity contribution in [3.63, 3.8) is 0 Å². The zero-order valence-corrected chi connectivity index (χ0v) is 14.5. The van der Waals surface area contributed by atoms with Crippen LogP contribution in [0.25, 0.3) is 0 Å². The summed E-state index contributed by atoms with van der Waals surface area (Å²) in [5.41, 5.74) is 0.931. The molecule has 1 aliphatic rings. The molecule has 23 heavy (non-hydrogen) atoms. The molecule has 126 valence electrons.